The maximum Gasteiger partial charge on any atom is 0.326 e. The van der Waals surface area contributed by atoms with E-state index in [0.29, 0.717) is 23.6 Å². The van der Waals surface area contributed by atoms with E-state index in [-0.39, 0.29) is 0 Å². The maximum atomic E-state index is 11.7. The van der Waals surface area contributed by atoms with Crippen molar-refractivity contribution in [1.82, 2.24) is 5.32 Å². The van der Waals surface area contributed by atoms with E-state index in [4.69, 9.17) is 16.7 Å². The molecule has 0 fully saturated rings. The Bertz CT molecular complexity index is 477. The fourth-order valence-electron chi connectivity index (χ4n) is 1.63. The van der Waals surface area contributed by atoms with Gasteiger partial charge in [-0.25, -0.2) is 9.59 Å². The summed E-state index contributed by atoms with van der Waals surface area (Å²) in [5.41, 5.74) is 1.41. The first kappa shape index (κ1) is 15.3. The van der Waals surface area contributed by atoms with E-state index in [2.05, 4.69) is 10.6 Å². The van der Waals surface area contributed by atoms with Gasteiger partial charge in [0.05, 0.1) is 0 Å². The molecule has 1 atom stereocenters. The second-order valence-corrected chi connectivity index (χ2v) is 4.67. The van der Waals surface area contributed by atoms with Crippen LogP contribution in [0.1, 0.15) is 25.3 Å². The summed E-state index contributed by atoms with van der Waals surface area (Å²) in [6.07, 6.45) is 1.07. The Balaban J connectivity index is 2.66. The first-order valence-electron chi connectivity index (χ1n) is 6.00. The Kier molecular flexibility index (Phi) is 5.63. The third-order valence-corrected chi connectivity index (χ3v) is 2.85. The predicted molar refractivity (Wildman–Crippen MR) is 74.7 cm³/mol. The first-order chi connectivity index (χ1) is 8.93. The van der Waals surface area contributed by atoms with E-state index in [0.717, 1.165) is 5.56 Å². The molecular weight excluding hydrogens is 268 g/mol. The molecule has 0 heterocycles. The molecule has 0 aromatic heterocycles. The highest BCUT2D eigenvalue weighted by Gasteiger charge is 2.18. The minimum absolute atomic E-state index is 0.391. The van der Waals surface area contributed by atoms with Gasteiger partial charge < -0.3 is 15.7 Å². The van der Waals surface area contributed by atoms with Crippen LogP contribution in [0.2, 0.25) is 5.02 Å². The number of carbonyl (C=O) groups excluding carboxylic acids is 1. The number of aliphatic carboxylic acids is 1. The molecule has 2 amide bonds. The molecule has 1 unspecified atom stereocenters. The number of amides is 2. The third-order valence-electron chi connectivity index (χ3n) is 2.62. The van der Waals surface area contributed by atoms with E-state index < -0.39 is 18.0 Å². The number of hydrogen-bond acceptors (Lipinski definition) is 2. The largest absolute Gasteiger partial charge is 0.480 e. The Morgan fingerprint density at radius 1 is 1.42 bits per heavy atom. The Hall–Kier alpha value is -1.75. The fourth-order valence-corrected chi connectivity index (χ4v) is 1.86. The zero-order valence-corrected chi connectivity index (χ0v) is 11.6. The number of benzene rings is 1. The molecule has 5 nitrogen and oxygen atoms in total. The molecule has 1 aromatic carbocycles. The van der Waals surface area contributed by atoms with Crippen LogP contribution in [0.15, 0.2) is 18.2 Å². The standard InChI is InChI=1S/C13H17ClN2O3/c1-3-4-11(12(17)18)16-13(19)15-10-6-5-9(14)7-8(10)2/h5-7,11H,3-4H2,1-2H3,(H,17,18)(H2,15,16,19). The molecule has 1 aromatic rings. The summed E-state index contributed by atoms with van der Waals surface area (Å²) in [6.45, 7) is 3.67. The van der Waals surface area contributed by atoms with Crippen molar-refractivity contribution >= 4 is 29.3 Å². The summed E-state index contributed by atoms with van der Waals surface area (Å²) in [7, 11) is 0. The fraction of sp³-hybridized carbons (Fsp3) is 0.385. The number of urea groups is 1. The Morgan fingerprint density at radius 3 is 2.63 bits per heavy atom. The quantitative estimate of drug-likeness (QED) is 0.777. The number of anilines is 1. The molecule has 0 aliphatic heterocycles. The van der Waals surface area contributed by atoms with Gasteiger partial charge in [-0.2, -0.15) is 0 Å². The predicted octanol–water partition coefficient (Wildman–Crippen LogP) is 3.02. The summed E-state index contributed by atoms with van der Waals surface area (Å²) in [5, 5.41) is 14.6. The topological polar surface area (TPSA) is 78.4 Å². The van der Waals surface area contributed by atoms with Gasteiger partial charge in [0.15, 0.2) is 0 Å². The van der Waals surface area contributed by atoms with E-state index >= 15 is 0 Å². The second-order valence-electron chi connectivity index (χ2n) is 4.24. The van der Waals surface area contributed by atoms with Crippen molar-refractivity contribution in [2.75, 3.05) is 5.32 Å². The van der Waals surface area contributed by atoms with Gasteiger partial charge in [0.2, 0.25) is 0 Å². The Morgan fingerprint density at radius 2 is 2.11 bits per heavy atom. The van der Waals surface area contributed by atoms with Gasteiger partial charge in [-0.05, 0) is 37.1 Å². The van der Waals surface area contributed by atoms with Crippen LogP contribution in [0.3, 0.4) is 0 Å². The Labute approximate surface area is 117 Å². The average molecular weight is 285 g/mol. The van der Waals surface area contributed by atoms with Gasteiger partial charge in [-0.3, -0.25) is 0 Å². The minimum Gasteiger partial charge on any atom is -0.480 e. The van der Waals surface area contributed by atoms with Crippen LogP contribution >= 0.6 is 11.6 Å². The van der Waals surface area contributed by atoms with Crippen LogP contribution in [0.25, 0.3) is 0 Å². The van der Waals surface area contributed by atoms with Crippen LogP contribution in [0.5, 0.6) is 0 Å². The van der Waals surface area contributed by atoms with Crippen LogP contribution in [0.4, 0.5) is 10.5 Å². The number of aryl methyl sites for hydroxylation is 1. The molecule has 1 rings (SSSR count). The molecule has 0 bridgehead atoms. The van der Waals surface area contributed by atoms with Crippen molar-refractivity contribution in [3.05, 3.63) is 28.8 Å². The van der Waals surface area contributed by atoms with Crippen molar-refractivity contribution in [3.63, 3.8) is 0 Å². The van der Waals surface area contributed by atoms with Crippen molar-refractivity contribution in [3.8, 4) is 0 Å². The van der Waals surface area contributed by atoms with Crippen molar-refractivity contribution in [1.29, 1.82) is 0 Å². The van der Waals surface area contributed by atoms with Crippen LogP contribution in [-0.2, 0) is 4.79 Å². The summed E-state index contributed by atoms with van der Waals surface area (Å²) in [6, 6.07) is 3.64. The monoisotopic (exact) mass is 284 g/mol. The average Bonchev–Trinajstić information content (AvgIpc) is 2.32. The summed E-state index contributed by atoms with van der Waals surface area (Å²) < 4.78 is 0. The first-order valence-corrected chi connectivity index (χ1v) is 6.38. The molecule has 0 aliphatic rings. The number of rotatable bonds is 5. The highest BCUT2D eigenvalue weighted by atomic mass is 35.5. The van der Waals surface area contributed by atoms with E-state index in [9.17, 15) is 9.59 Å². The zero-order valence-electron chi connectivity index (χ0n) is 10.9. The molecular formula is C13H17ClN2O3. The van der Waals surface area contributed by atoms with Gasteiger partial charge in [-0.1, -0.05) is 24.9 Å². The molecule has 0 saturated carbocycles. The van der Waals surface area contributed by atoms with Gasteiger partial charge >= 0.3 is 12.0 Å². The molecule has 0 spiro atoms. The smallest absolute Gasteiger partial charge is 0.326 e. The lowest BCUT2D eigenvalue weighted by Gasteiger charge is -2.15. The molecule has 104 valence electrons. The molecule has 0 radical (unpaired) electrons. The molecule has 19 heavy (non-hydrogen) atoms. The normalized spacial score (nSPS) is 11.7. The van der Waals surface area contributed by atoms with Crippen molar-refractivity contribution in [2.24, 2.45) is 0 Å². The molecule has 0 saturated heterocycles. The summed E-state index contributed by atoms with van der Waals surface area (Å²) >= 11 is 5.81. The lowest BCUT2D eigenvalue weighted by atomic mass is 10.2. The lowest BCUT2D eigenvalue weighted by Crippen LogP contribution is -2.42. The van der Waals surface area contributed by atoms with Crippen LogP contribution in [0, 0.1) is 6.92 Å². The number of halogens is 1. The number of carboxylic acid groups (broad SMARTS) is 1. The maximum absolute atomic E-state index is 11.7. The second kappa shape index (κ2) is 6.99. The van der Waals surface area contributed by atoms with Crippen LogP contribution in [-0.4, -0.2) is 23.1 Å². The van der Waals surface area contributed by atoms with Gasteiger partial charge in [0.1, 0.15) is 6.04 Å². The number of hydrogen-bond donors (Lipinski definition) is 3. The van der Waals surface area contributed by atoms with E-state index in [1.165, 1.54) is 0 Å². The van der Waals surface area contributed by atoms with E-state index in [1.807, 2.05) is 13.8 Å². The highest BCUT2D eigenvalue weighted by Crippen LogP contribution is 2.19. The lowest BCUT2D eigenvalue weighted by molar-refractivity contribution is -0.139. The highest BCUT2D eigenvalue weighted by molar-refractivity contribution is 6.30. The summed E-state index contributed by atoms with van der Waals surface area (Å²) in [4.78, 5) is 22.6. The van der Waals surface area contributed by atoms with E-state index in [1.54, 1.807) is 18.2 Å². The van der Waals surface area contributed by atoms with Crippen molar-refractivity contribution in [2.45, 2.75) is 32.7 Å². The number of nitrogens with one attached hydrogen (secondary N) is 2. The van der Waals surface area contributed by atoms with Gasteiger partial charge in [-0.15, -0.1) is 0 Å². The van der Waals surface area contributed by atoms with Crippen molar-refractivity contribution < 1.29 is 14.7 Å². The van der Waals surface area contributed by atoms with Crippen LogP contribution < -0.4 is 10.6 Å². The van der Waals surface area contributed by atoms with Gasteiger partial charge in [0, 0.05) is 10.7 Å². The zero-order chi connectivity index (χ0) is 14.4. The van der Waals surface area contributed by atoms with Gasteiger partial charge in [0.25, 0.3) is 0 Å². The third kappa shape index (κ3) is 4.79. The molecule has 3 N–H and O–H groups in total. The molecule has 0 aliphatic carbocycles. The number of carbonyl (C=O) groups is 2. The SMILES string of the molecule is CCCC(NC(=O)Nc1ccc(Cl)cc1C)C(=O)O. The molecule has 6 heteroatoms. The summed E-state index contributed by atoms with van der Waals surface area (Å²) in [5.74, 6) is -1.04. The minimum atomic E-state index is -1.04. The number of carboxylic acids is 1.